The zero-order valence-corrected chi connectivity index (χ0v) is 19.1. The molecule has 4 rings (SSSR count). The van der Waals surface area contributed by atoms with Gasteiger partial charge in [-0.15, -0.1) is 0 Å². The second-order valence-electron chi connectivity index (χ2n) is 8.74. The Morgan fingerprint density at radius 2 is 1.89 bits per heavy atom. The minimum Gasteiger partial charge on any atom is -0.378 e. The van der Waals surface area contributed by atoms with E-state index in [4.69, 9.17) is 16.2 Å². The van der Waals surface area contributed by atoms with Crippen molar-refractivity contribution in [3.8, 4) is 0 Å². The van der Waals surface area contributed by atoms with Gasteiger partial charge in [-0.2, -0.15) is 13.2 Å². The number of rotatable bonds is 5. The van der Waals surface area contributed by atoms with E-state index in [1.165, 1.54) is 17.2 Å². The van der Waals surface area contributed by atoms with Crippen LogP contribution in [0.3, 0.4) is 0 Å². The van der Waals surface area contributed by atoms with Crippen molar-refractivity contribution in [2.75, 3.05) is 44.3 Å². The lowest BCUT2D eigenvalue weighted by Crippen LogP contribution is -2.43. The van der Waals surface area contributed by atoms with Gasteiger partial charge in [0.1, 0.15) is 0 Å². The average molecular weight is 493 g/mol. The van der Waals surface area contributed by atoms with Crippen LogP contribution in [0.1, 0.15) is 50.4 Å². The SMILES string of the molecule is NC(=O)c1cnc(N2CCC[C@H](N)C2)nc1Cc1cc(C(=O)N2CCOCC2)cc(C(F)(F)F)c1. The van der Waals surface area contributed by atoms with Crippen LogP contribution < -0.4 is 16.4 Å². The highest BCUT2D eigenvalue weighted by atomic mass is 19.4. The van der Waals surface area contributed by atoms with Crippen LogP contribution in [-0.4, -0.2) is 72.1 Å². The second-order valence-corrected chi connectivity index (χ2v) is 8.74. The predicted octanol–water partition coefficient (Wildman–Crippen LogP) is 1.59. The van der Waals surface area contributed by atoms with Gasteiger partial charge in [-0.1, -0.05) is 0 Å². The number of carbonyl (C=O) groups is 2. The quantitative estimate of drug-likeness (QED) is 0.649. The molecule has 2 aliphatic heterocycles. The first kappa shape index (κ1) is 24.9. The molecule has 4 N–H and O–H groups in total. The first-order chi connectivity index (χ1) is 16.6. The number of benzene rings is 1. The summed E-state index contributed by atoms with van der Waals surface area (Å²) in [5.41, 5.74) is 10.9. The summed E-state index contributed by atoms with van der Waals surface area (Å²) < 4.78 is 46.3. The molecule has 35 heavy (non-hydrogen) atoms. The van der Waals surface area contributed by atoms with Crippen molar-refractivity contribution in [2.45, 2.75) is 31.5 Å². The van der Waals surface area contributed by atoms with E-state index >= 15 is 0 Å². The standard InChI is InChI=1S/C23H27F3N6O3/c24-23(25,26)16-9-14(8-15(11-16)21(34)31-4-6-35-7-5-31)10-19-18(20(28)33)12-29-22(30-19)32-3-1-2-17(27)13-32/h8-9,11-12,17H,1-7,10,13,27H2,(H2,28,33)/t17-/m0/s1. The van der Waals surface area contributed by atoms with Gasteiger partial charge in [0.25, 0.3) is 11.8 Å². The van der Waals surface area contributed by atoms with E-state index < -0.39 is 23.6 Å². The molecule has 2 aromatic rings. The van der Waals surface area contributed by atoms with Gasteiger partial charge >= 0.3 is 6.18 Å². The molecule has 2 saturated heterocycles. The Kier molecular flexibility index (Phi) is 7.22. The molecule has 0 unspecified atom stereocenters. The van der Waals surface area contributed by atoms with Crippen molar-refractivity contribution < 1.29 is 27.5 Å². The van der Waals surface area contributed by atoms with Gasteiger partial charge in [-0.3, -0.25) is 9.59 Å². The Bertz CT molecular complexity index is 1100. The van der Waals surface area contributed by atoms with E-state index in [0.29, 0.717) is 45.3 Å². The van der Waals surface area contributed by atoms with Crippen LogP contribution in [0.4, 0.5) is 19.1 Å². The molecule has 12 heteroatoms. The number of aromatic nitrogens is 2. The van der Waals surface area contributed by atoms with Gasteiger partial charge in [0.15, 0.2) is 0 Å². The third-order valence-corrected chi connectivity index (χ3v) is 6.10. The third kappa shape index (κ3) is 5.88. The number of carbonyl (C=O) groups excluding carboxylic acids is 2. The lowest BCUT2D eigenvalue weighted by Gasteiger charge is -2.31. The fourth-order valence-corrected chi connectivity index (χ4v) is 4.31. The zero-order valence-electron chi connectivity index (χ0n) is 19.1. The number of nitrogens with two attached hydrogens (primary N) is 2. The number of piperidine rings is 1. The summed E-state index contributed by atoms with van der Waals surface area (Å²) in [4.78, 5) is 37.0. The number of hydrogen-bond donors (Lipinski definition) is 2. The Balaban J connectivity index is 1.70. The van der Waals surface area contributed by atoms with Gasteiger partial charge in [-0.05, 0) is 36.6 Å². The highest BCUT2D eigenvalue weighted by Gasteiger charge is 2.33. The molecule has 0 saturated carbocycles. The molecule has 0 spiro atoms. The van der Waals surface area contributed by atoms with Crippen LogP contribution in [0, 0.1) is 0 Å². The van der Waals surface area contributed by atoms with Crippen LogP contribution in [0.25, 0.3) is 0 Å². The molecular formula is C23H27F3N6O3. The van der Waals surface area contributed by atoms with Crippen molar-refractivity contribution >= 4 is 17.8 Å². The molecular weight excluding hydrogens is 465 g/mol. The van der Waals surface area contributed by atoms with Crippen LogP contribution in [0.15, 0.2) is 24.4 Å². The molecule has 188 valence electrons. The summed E-state index contributed by atoms with van der Waals surface area (Å²) in [6.45, 7) is 2.43. The molecule has 1 aromatic heterocycles. The van der Waals surface area contributed by atoms with E-state index in [9.17, 15) is 22.8 Å². The molecule has 9 nitrogen and oxygen atoms in total. The molecule has 1 aromatic carbocycles. The van der Waals surface area contributed by atoms with Gasteiger partial charge in [0.05, 0.1) is 30.0 Å². The maximum absolute atomic E-state index is 13.7. The highest BCUT2D eigenvalue weighted by molar-refractivity contribution is 5.95. The maximum atomic E-state index is 13.7. The monoisotopic (exact) mass is 492 g/mol. The Hall–Kier alpha value is -3.25. The second kappa shape index (κ2) is 10.2. The van der Waals surface area contributed by atoms with E-state index in [0.717, 1.165) is 25.0 Å². The molecule has 0 bridgehead atoms. The van der Waals surface area contributed by atoms with Crippen LogP contribution in [0.2, 0.25) is 0 Å². The van der Waals surface area contributed by atoms with Gasteiger partial charge in [-0.25, -0.2) is 9.97 Å². The number of anilines is 1. The lowest BCUT2D eigenvalue weighted by atomic mass is 9.99. The third-order valence-electron chi connectivity index (χ3n) is 6.10. The van der Waals surface area contributed by atoms with E-state index in [2.05, 4.69) is 9.97 Å². The molecule has 2 amide bonds. The number of amides is 2. The molecule has 2 fully saturated rings. The Morgan fingerprint density at radius 3 is 2.54 bits per heavy atom. The molecule has 3 heterocycles. The number of alkyl halides is 3. The summed E-state index contributed by atoms with van der Waals surface area (Å²) in [5.74, 6) is -0.975. The largest absolute Gasteiger partial charge is 0.416 e. The molecule has 0 radical (unpaired) electrons. The number of primary amides is 1. The van der Waals surface area contributed by atoms with Crippen LogP contribution >= 0.6 is 0 Å². The minimum atomic E-state index is -4.66. The van der Waals surface area contributed by atoms with Crippen LogP contribution in [-0.2, 0) is 17.3 Å². The Morgan fingerprint density at radius 1 is 1.14 bits per heavy atom. The van der Waals surface area contributed by atoms with E-state index in [-0.39, 0.29) is 34.8 Å². The fraction of sp³-hybridized carbons (Fsp3) is 0.478. The summed E-state index contributed by atoms with van der Waals surface area (Å²) in [5, 5.41) is 0. The van der Waals surface area contributed by atoms with Gasteiger partial charge < -0.3 is 26.0 Å². The van der Waals surface area contributed by atoms with Gasteiger partial charge in [0, 0.05) is 50.4 Å². The summed E-state index contributed by atoms with van der Waals surface area (Å²) in [7, 11) is 0. The minimum absolute atomic E-state index is 0.00789. The van der Waals surface area contributed by atoms with Crippen molar-refractivity contribution in [1.82, 2.24) is 14.9 Å². The molecule has 0 aliphatic carbocycles. The van der Waals surface area contributed by atoms with E-state index in [1.807, 2.05) is 4.90 Å². The smallest absolute Gasteiger partial charge is 0.378 e. The lowest BCUT2D eigenvalue weighted by molar-refractivity contribution is -0.137. The normalized spacial score (nSPS) is 19.0. The van der Waals surface area contributed by atoms with Gasteiger partial charge in [0.2, 0.25) is 5.95 Å². The number of halogens is 3. The zero-order chi connectivity index (χ0) is 25.2. The Labute approximate surface area is 200 Å². The van der Waals surface area contributed by atoms with Crippen LogP contribution in [0.5, 0.6) is 0 Å². The number of morpholine rings is 1. The van der Waals surface area contributed by atoms with Crippen molar-refractivity contribution in [3.63, 3.8) is 0 Å². The average Bonchev–Trinajstić information content (AvgIpc) is 2.83. The molecule has 1 atom stereocenters. The number of ether oxygens (including phenoxy) is 1. The first-order valence-electron chi connectivity index (χ1n) is 11.4. The summed E-state index contributed by atoms with van der Waals surface area (Å²) in [6, 6.07) is 3.15. The first-order valence-corrected chi connectivity index (χ1v) is 11.4. The summed E-state index contributed by atoms with van der Waals surface area (Å²) >= 11 is 0. The van der Waals surface area contributed by atoms with Crippen molar-refractivity contribution in [1.29, 1.82) is 0 Å². The predicted molar refractivity (Wildman–Crippen MR) is 121 cm³/mol. The van der Waals surface area contributed by atoms with Crippen molar-refractivity contribution in [2.24, 2.45) is 11.5 Å². The molecule has 2 aliphatic rings. The summed E-state index contributed by atoms with van der Waals surface area (Å²) in [6.07, 6.45) is -1.80. The number of hydrogen-bond acceptors (Lipinski definition) is 7. The van der Waals surface area contributed by atoms with Crippen molar-refractivity contribution in [3.05, 3.63) is 52.3 Å². The topological polar surface area (TPSA) is 128 Å². The highest BCUT2D eigenvalue weighted by Crippen LogP contribution is 2.32. The maximum Gasteiger partial charge on any atom is 0.416 e. The number of nitrogens with zero attached hydrogens (tertiary/aromatic N) is 4. The fourth-order valence-electron chi connectivity index (χ4n) is 4.31. The van der Waals surface area contributed by atoms with E-state index in [1.54, 1.807) is 0 Å².